The predicted octanol–water partition coefficient (Wildman–Crippen LogP) is 2.03. The predicted molar refractivity (Wildman–Crippen MR) is 50.7 cm³/mol. The number of hydrogen-bond acceptors (Lipinski definition) is 2. The van der Waals surface area contributed by atoms with E-state index in [4.69, 9.17) is 0 Å². The summed E-state index contributed by atoms with van der Waals surface area (Å²) in [5, 5.41) is 0. The number of fused-ring (bicyclic) bond motifs is 1. The average Bonchev–Trinajstić information content (AvgIpc) is 2.52. The number of carbonyl (C=O) groups excluding carboxylic acids is 1. The minimum Gasteiger partial charge on any atom is -0.466 e. The lowest BCUT2D eigenvalue weighted by Crippen LogP contribution is -2.19. The van der Waals surface area contributed by atoms with Crippen molar-refractivity contribution in [3.05, 3.63) is 34.9 Å². The van der Waals surface area contributed by atoms with E-state index < -0.39 is 18.3 Å². The minimum absolute atomic E-state index is 0.202. The number of carbonyl (C=O) groups is 1. The van der Waals surface area contributed by atoms with Gasteiger partial charge in [0.05, 0.1) is 12.7 Å². The van der Waals surface area contributed by atoms with Gasteiger partial charge in [-0.25, -0.2) is 13.6 Å². The van der Waals surface area contributed by atoms with Crippen molar-refractivity contribution in [1.29, 1.82) is 0 Å². The number of alkyl halides is 2. The Bertz CT molecular complexity index is 393. The summed E-state index contributed by atoms with van der Waals surface area (Å²) in [5.74, 6) is -0.796. The van der Waals surface area contributed by atoms with Crippen LogP contribution in [-0.2, 0) is 9.53 Å². The zero-order valence-corrected chi connectivity index (χ0v) is 8.17. The third-order valence-electron chi connectivity index (χ3n) is 2.59. The average molecular weight is 212 g/mol. The maximum atomic E-state index is 13.5. The molecule has 0 radical (unpaired) electrons. The van der Waals surface area contributed by atoms with Gasteiger partial charge in [-0.1, -0.05) is 18.2 Å². The molecule has 2 rings (SSSR count). The summed E-state index contributed by atoms with van der Waals surface area (Å²) in [4.78, 5) is 11.3. The summed E-state index contributed by atoms with van der Waals surface area (Å²) >= 11 is 0. The summed E-state index contributed by atoms with van der Waals surface area (Å²) in [6, 6.07) is 0. The van der Waals surface area contributed by atoms with Crippen LogP contribution in [0.3, 0.4) is 0 Å². The van der Waals surface area contributed by atoms with Crippen molar-refractivity contribution in [2.75, 3.05) is 7.11 Å². The Hall–Kier alpha value is -1.45. The fraction of sp³-hybridized carbons (Fsp3) is 0.364. The van der Waals surface area contributed by atoms with Crippen molar-refractivity contribution in [3.63, 3.8) is 0 Å². The number of allylic oxidation sites excluding steroid dienone is 5. The van der Waals surface area contributed by atoms with Crippen LogP contribution in [0.4, 0.5) is 8.78 Å². The van der Waals surface area contributed by atoms with Crippen LogP contribution in [0.5, 0.6) is 0 Å². The second-order valence-corrected chi connectivity index (χ2v) is 3.42. The van der Waals surface area contributed by atoms with Gasteiger partial charge in [0, 0.05) is 0 Å². The van der Waals surface area contributed by atoms with Crippen molar-refractivity contribution in [2.45, 2.75) is 18.8 Å². The van der Waals surface area contributed by atoms with Crippen LogP contribution < -0.4 is 0 Å². The molecule has 0 aliphatic heterocycles. The topological polar surface area (TPSA) is 26.3 Å². The highest BCUT2D eigenvalue weighted by Crippen LogP contribution is 2.39. The summed E-state index contributed by atoms with van der Waals surface area (Å²) in [7, 11) is 1.16. The Balaban J connectivity index is 2.49. The van der Waals surface area contributed by atoms with Gasteiger partial charge in [-0.2, -0.15) is 0 Å². The molecule has 4 heteroatoms. The second kappa shape index (κ2) is 3.61. The first-order chi connectivity index (χ1) is 7.16. The highest BCUT2D eigenvalue weighted by Gasteiger charge is 2.42. The van der Waals surface area contributed by atoms with Crippen molar-refractivity contribution in [2.24, 2.45) is 0 Å². The molecule has 15 heavy (non-hydrogen) atoms. The molecule has 2 unspecified atom stereocenters. The molecule has 0 amide bonds. The van der Waals surface area contributed by atoms with E-state index >= 15 is 0 Å². The molecule has 0 aromatic rings. The Labute approximate surface area is 85.9 Å². The highest BCUT2D eigenvalue weighted by molar-refractivity contribution is 5.94. The van der Waals surface area contributed by atoms with E-state index in [1.54, 1.807) is 18.2 Å². The van der Waals surface area contributed by atoms with E-state index in [0.29, 0.717) is 12.0 Å². The molecule has 2 aliphatic carbocycles. The zero-order chi connectivity index (χ0) is 11.0. The summed E-state index contributed by atoms with van der Waals surface area (Å²) in [6.45, 7) is 0. The van der Waals surface area contributed by atoms with Gasteiger partial charge in [0.25, 0.3) is 0 Å². The molecule has 2 atom stereocenters. The fourth-order valence-electron chi connectivity index (χ4n) is 1.88. The van der Waals surface area contributed by atoms with Crippen LogP contribution in [0.15, 0.2) is 34.9 Å². The number of rotatable bonds is 1. The van der Waals surface area contributed by atoms with Gasteiger partial charge >= 0.3 is 5.97 Å². The van der Waals surface area contributed by atoms with E-state index in [1.165, 1.54) is 0 Å². The first kappa shape index (κ1) is 10.1. The molecule has 0 fully saturated rings. The van der Waals surface area contributed by atoms with E-state index in [2.05, 4.69) is 4.74 Å². The number of ether oxygens (including phenoxy) is 1. The molecule has 80 valence electrons. The fourth-order valence-corrected chi connectivity index (χ4v) is 1.88. The van der Waals surface area contributed by atoms with E-state index in [9.17, 15) is 13.6 Å². The van der Waals surface area contributed by atoms with Crippen molar-refractivity contribution in [3.8, 4) is 0 Å². The van der Waals surface area contributed by atoms with Gasteiger partial charge in [-0.05, 0) is 17.6 Å². The van der Waals surface area contributed by atoms with Gasteiger partial charge < -0.3 is 4.74 Å². The lowest BCUT2D eigenvalue weighted by Gasteiger charge is -2.07. The molecule has 0 bridgehead atoms. The van der Waals surface area contributed by atoms with Crippen LogP contribution in [0, 0.1) is 0 Å². The van der Waals surface area contributed by atoms with Crippen LogP contribution in [-0.4, -0.2) is 25.4 Å². The molecule has 0 aromatic carbocycles. The number of esters is 1. The van der Waals surface area contributed by atoms with Crippen molar-refractivity contribution in [1.82, 2.24) is 0 Å². The van der Waals surface area contributed by atoms with Crippen LogP contribution in [0.25, 0.3) is 0 Å². The van der Waals surface area contributed by atoms with Gasteiger partial charge in [-0.3, -0.25) is 0 Å². The molecule has 0 saturated carbocycles. The van der Waals surface area contributed by atoms with E-state index in [0.717, 1.165) is 7.11 Å². The van der Waals surface area contributed by atoms with Crippen LogP contribution in [0.2, 0.25) is 0 Å². The zero-order valence-electron chi connectivity index (χ0n) is 8.17. The van der Waals surface area contributed by atoms with Gasteiger partial charge in [0.15, 0.2) is 12.3 Å². The Morgan fingerprint density at radius 1 is 1.47 bits per heavy atom. The van der Waals surface area contributed by atoms with E-state index in [-0.39, 0.29) is 11.1 Å². The Morgan fingerprint density at radius 2 is 2.20 bits per heavy atom. The monoisotopic (exact) mass is 212 g/mol. The SMILES string of the molecule is COC(=O)C1=C2C=CCC=C2C(F)C1F. The minimum atomic E-state index is -1.90. The largest absolute Gasteiger partial charge is 0.466 e. The number of halogens is 2. The lowest BCUT2D eigenvalue weighted by molar-refractivity contribution is -0.136. The molecule has 2 nitrogen and oxygen atoms in total. The Kier molecular flexibility index (Phi) is 2.42. The van der Waals surface area contributed by atoms with Crippen LogP contribution >= 0.6 is 0 Å². The molecule has 2 aliphatic rings. The number of methoxy groups -OCH3 is 1. The molecular formula is C11H10F2O2. The van der Waals surface area contributed by atoms with Gasteiger partial charge in [0.2, 0.25) is 0 Å². The highest BCUT2D eigenvalue weighted by atomic mass is 19.2. The maximum Gasteiger partial charge on any atom is 0.337 e. The molecule has 0 spiro atoms. The normalized spacial score (nSPS) is 28.9. The van der Waals surface area contributed by atoms with Gasteiger partial charge in [0.1, 0.15) is 0 Å². The van der Waals surface area contributed by atoms with Crippen molar-refractivity contribution >= 4 is 5.97 Å². The summed E-state index contributed by atoms with van der Waals surface area (Å²) in [5.41, 5.74) is 0.408. The summed E-state index contributed by atoms with van der Waals surface area (Å²) < 4.78 is 31.4. The van der Waals surface area contributed by atoms with Gasteiger partial charge in [-0.15, -0.1) is 0 Å². The smallest absolute Gasteiger partial charge is 0.337 e. The molecule has 0 N–H and O–H groups in total. The molecule has 0 heterocycles. The first-order valence-electron chi connectivity index (χ1n) is 4.64. The van der Waals surface area contributed by atoms with Crippen molar-refractivity contribution < 1.29 is 18.3 Å². The van der Waals surface area contributed by atoms with Crippen LogP contribution in [0.1, 0.15) is 6.42 Å². The van der Waals surface area contributed by atoms with E-state index in [1.807, 2.05) is 0 Å². The quantitative estimate of drug-likeness (QED) is 0.622. The molecular weight excluding hydrogens is 202 g/mol. The second-order valence-electron chi connectivity index (χ2n) is 3.42. The third kappa shape index (κ3) is 1.40. The molecule has 0 saturated heterocycles. The molecule has 0 aromatic heterocycles. The standard InChI is InChI=1S/C11H10F2O2/c1-15-11(14)8-6-4-2-3-5-7(6)9(12)10(8)13/h2,4-5,9-10H,3H2,1H3. The third-order valence-corrected chi connectivity index (χ3v) is 2.59. The maximum absolute atomic E-state index is 13.5. The number of hydrogen-bond donors (Lipinski definition) is 0. The Morgan fingerprint density at radius 3 is 2.87 bits per heavy atom. The summed E-state index contributed by atoms with van der Waals surface area (Å²) in [6.07, 6.45) is 1.86. The lowest BCUT2D eigenvalue weighted by atomic mass is 10.0. The first-order valence-corrected chi connectivity index (χ1v) is 4.64.